The number of aryl methyl sites for hydroxylation is 1. The maximum absolute atomic E-state index is 13.1. The van der Waals surface area contributed by atoms with E-state index >= 15 is 0 Å². The van der Waals surface area contributed by atoms with E-state index in [1.54, 1.807) is 6.92 Å². The van der Waals surface area contributed by atoms with Crippen molar-refractivity contribution >= 4 is 11.8 Å². The van der Waals surface area contributed by atoms with Gasteiger partial charge in [-0.1, -0.05) is 29.8 Å². The number of aromatic nitrogens is 1. The predicted molar refractivity (Wildman–Crippen MR) is 118 cm³/mol. The lowest BCUT2D eigenvalue weighted by Gasteiger charge is -2.37. The molecule has 4 rings (SSSR count). The Morgan fingerprint density at radius 1 is 0.967 bits per heavy atom. The quantitative estimate of drug-likeness (QED) is 0.775. The molecule has 2 aliphatic rings. The van der Waals surface area contributed by atoms with Gasteiger partial charge in [0.1, 0.15) is 0 Å². The van der Waals surface area contributed by atoms with Crippen LogP contribution in [0.15, 0.2) is 42.5 Å². The van der Waals surface area contributed by atoms with Crippen LogP contribution >= 0.6 is 0 Å². The third-order valence-corrected chi connectivity index (χ3v) is 6.53. The van der Waals surface area contributed by atoms with Gasteiger partial charge in [0.15, 0.2) is 0 Å². The Morgan fingerprint density at radius 2 is 1.73 bits per heavy atom. The molecule has 3 heterocycles. The van der Waals surface area contributed by atoms with Gasteiger partial charge in [-0.3, -0.25) is 14.6 Å². The highest BCUT2D eigenvalue weighted by Gasteiger charge is 2.32. The monoisotopic (exact) mass is 405 g/mol. The van der Waals surface area contributed by atoms with Crippen molar-refractivity contribution < 1.29 is 9.59 Å². The summed E-state index contributed by atoms with van der Waals surface area (Å²) in [6.07, 6.45) is 3.64. The number of pyridine rings is 1. The summed E-state index contributed by atoms with van der Waals surface area (Å²) < 4.78 is 0. The van der Waals surface area contributed by atoms with E-state index in [0.29, 0.717) is 13.1 Å². The summed E-state index contributed by atoms with van der Waals surface area (Å²) in [7, 11) is 0. The largest absolute Gasteiger partial charge is 0.343 e. The van der Waals surface area contributed by atoms with Crippen molar-refractivity contribution in [3.05, 3.63) is 53.7 Å². The zero-order valence-corrected chi connectivity index (χ0v) is 18.0. The second-order valence-corrected chi connectivity index (χ2v) is 8.72. The lowest BCUT2D eigenvalue weighted by Crippen LogP contribution is -2.46. The van der Waals surface area contributed by atoms with Gasteiger partial charge in [-0.25, -0.2) is 0 Å². The molecule has 158 valence electrons. The summed E-state index contributed by atoms with van der Waals surface area (Å²) in [5.74, 6) is 0.701. The number of rotatable bonds is 3. The highest BCUT2D eigenvalue weighted by Crippen LogP contribution is 2.30. The zero-order valence-electron chi connectivity index (χ0n) is 18.0. The lowest BCUT2D eigenvalue weighted by atomic mass is 9.90. The Balaban J connectivity index is 1.44. The molecular weight excluding hydrogens is 374 g/mol. The second kappa shape index (κ2) is 8.99. The van der Waals surface area contributed by atoms with Crippen LogP contribution in [0.3, 0.4) is 0 Å². The summed E-state index contributed by atoms with van der Waals surface area (Å²) >= 11 is 0. The first-order valence-electron chi connectivity index (χ1n) is 11.1. The molecule has 1 aromatic carbocycles. The molecule has 0 saturated carbocycles. The number of carbonyl (C=O) groups is 2. The van der Waals surface area contributed by atoms with Crippen LogP contribution in [0.2, 0.25) is 0 Å². The summed E-state index contributed by atoms with van der Waals surface area (Å²) in [6, 6.07) is 14.7. The van der Waals surface area contributed by atoms with Crippen LogP contribution in [0.4, 0.5) is 0 Å². The van der Waals surface area contributed by atoms with Crippen molar-refractivity contribution in [2.45, 2.75) is 45.4 Å². The molecule has 0 radical (unpaired) electrons. The van der Waals surface area contributed by atoms with E-state index in [2.05, 4.69) is 49.4 Å². The van der Waals surface area contributed by atoms with Gasteiger partial charge in [-0.15, -0.1) is 0 Å². The maximum Gasteiger partial charge on any atom is 0.225 e. The summed E-state index contributed by atoms with van der Waals surface area (Å²) in [5.41, 5.74) is 4.44. The van der Waals surface area contributed by atoms with E-state index in [9.17, 15) is 9.59 Å². The Kier molecular flexibility index (Phi) is 6.16. The van der Waals surface area contributed by atoms with Crippen LogP contribution in [0.5, 0.6) is 0 Å². The molecule has 0 aliphatic carbocycles. The van der Waals surface area contributed by atoms with Crippen LogP contribution in [-0.2, 0) is 9.59 Å². The van der Waals surface area contributed by atoms with Gasteiger partial charge in [0.25, 0.3) is 0 Å². The molecule has 0 N–H and O–H groups in total. The average Bonchev–Trinajstić information content (AvgIpc) is 2.79. The predicted octanol–water partition coefficient (Wildman–Crippen LogP) is 4.02. The number of likely N-dealkylation sites (tertiary alicyclic amines) is 2. The molecule has 2 amide bonds. The van der Waals surface area contributed by atoms with Crippen molar-refractivity contribution in [3.63, 3.8) is 0 Å². The molecule has 1 atom stereocenters. The second-order valence-electron chi connectivity index (χ2n) is 8.72. The molecule has 2 saturated heterocycles. The molecule has 2 aliphatic heterocycles. The molecule has 5 heteroatoms. The maximum atomic E-state index is 13.1. The molecule has 5 nitrogen and oxygen atoms in total. The van der Waals surface area contributed by atoms with E-state index in [4.69, 9.17) is 4.98 Å². The molecular formula is C25H31N3O2. The van der Waals surface area contributed by atoms with E-state index in [1.165, 1.54) is 5.56 Å². The molecule has 2 fully saturated rings. The third-order valence-electron chi connectivity index (χ3n) is 6.53. The molecule has 0 spiro atoms. The Labute approximate surface area is 179 Å². The minimum Gasteiger partial charge on any atom is -0.343 e. The SMILES string of the molecule is CC(=O)N1CCC(C(=O)N2CCC[C@@H](c3cccc(-c4cccc(C)c4)n3)C2)CC1. The van der Waals surface area contributed by atoms with Crippen molar-refractivity contribution in [3.8, 4) is 11.3 Å². The summed E-state index contributed by atoms with van der Waals surface area (Å²) in [6.45, 7) is 6.68. The van der Waals surface area contributed by atoms with E-state index < -0.39 is 0 Å². The Hall–Kier alpha value is -2.69. The standard InChI is InChI=1S/C25H31N3O2/c1-18-6-3-7-21(16-18)23-9-4-10-24(26-23)22-8-5-13-28(17-22)25(30)20-11-14-27(15-12-20)19(2)29/h3-4,6-7,9-10,16,20,22H,5,8,11-15,17H2,1-2H3/t22-/m1/s1. The number of piperidine rings is 2. The first-order valence-corrected chi connectivity index (χ1v) is 11.1. The van der Waals surface area contributed by atoms with Crippen LogP contribution in [0, 0.1) is 12.8 Å². The Bertz CT molecular complexity index is 918. The van der Waals surface area contributed by atoms with Crippen molar-refractivity contribution in [2.75, 3.05) is 26.2 Å². The van der Waals surface area contributed by atoms with Crippen LogP contribution in [0.1, 0.15) is 49.8 Å². The normalized spacial score (nSPS) is 20.3. The fourth-order valence-corrected chi connectivity index (χ4v) is 4.76. The average molecular weight is 406 g/mol. The van der Waals surface area contributed by atoms with Crippen LogP contribution < -0.4 is 0 Å². The highest BCUT2D eigenvalue weighted by molar-refractivity contribution is 5.80. The summed E-state index contributed by atoms with van der Waals surface area (Å²) in [5, 5.41) is 0. The topological polar surface area (TPSA) is 53.5 Å². The molecule has 0 unspecified atom stereocenters. The lowest BCUT2D eigenvalue weighted by molar-refractivity contribution is -0.141. The fraction of sp³-hybridized carbons (Fsp3) is 0.480. The smallest absolute Gasteiger partial charge is 0.225 e. The number of carbonyl (C=O) groups excluding carboxylic acids is 2. The zero-order chi connectivity index (χ0) is 21.1. The number of hydrogen-bond acceptors (Lipinski definition) is 3. The van der Waals surface area contributed by atoms with Crippen LogP contribution in [0.25, 0.3) is 11.3 Å². The van der Waals surface area contributed by atoms with E-state index in [0.717, 1.165) is 55.7 Å². The van der Waals surface area contributed by atoms with Crippen molar-refractivity contribution in [1.82, 2.24) is 14.8 Å². The van der Waals surface area contributed by atoms with E-state index in [-0.39, 0.29) is 23.7 Å². The third kappa shape index (κ3) is 4.55. The van der Waals surface area contributed by atoms with Crippen molar-refractivity contribution in [1.29, 1.82) is 0 Å². The van der Waals surface area contributed by atoms with E-state index in [1.807, 2.05) is 9.80 Å². The minimum absolute atomic E-state index is 0.0472. The number of benzene rings is 1. The minimum atomic E-state index is 0.0472. The molecule has 30 heavy (non-hydrogen) atoms. The molecule has 2 aromatic rings. The molecule has 1 aromatic heterocycles. The number of amides is 2. The van der Waals surface area contributed by atoms with Gasteiger partial charge < -0.3 is 9.80 Å². The first kappa shape index (κ1) is 20.6. The first-order chi connectivity index (χ1) is 14.5. The van der Waals surface area contributed by atoms with Gasteiger partial charge in [-0.05, 0) is 50.8 Å². The fourth-order valence-electron chi connectivity index (χ4n) is 4.76. The van der Waals surface area contributed by atoms with Gasteiger partial charge in [0, 0.05) is 56.2 Å². The van der Waals surface area contributed by atoms with Gasteiger partial charge >= 0.3 is 0 Å². The highest BCUT2D eigenvalue weighted by atomic mass is 16.2. The van der Waals surface area contributed by atoms with Gasteiger partial charge in [-0.2, -0.15) is 0 Å². The Morgan fingerprint density at radius 3 is 2.47 bits per heavy atom. The van der Waals surface area contributed by atoms with Gasteiger partial charge in [0.05, 0.1) is 5.69 Å². The number of nitrogens with zero attached hydrogens (tertiary/aromatic N) is 3. The van der Waals surface area contributed by atoms with Crippen LogP contribution in [-0.4, -0.2) is 52.8 Å². The summed E-state index contributed by atoms with van der Waals surface area (Å²) in [4.78, 5) is 33.5. The van der Waals surface area contributed by atoms with Crippen molar-refractivity contribution in [2.24, 2.45) is 5.92 Å². The molecule has 0 bridgehead atoms. The van der Waals surface area contributed by atoms with Gasteiger partial charge in [0.2, 0.25) is 11.8 Å². The number of hydrogen-bond donors (Lipinski definition) is 0.